The van der Waals surface area contributed by atoms with E-state index in [0.29, 0.717) is 0 Å². The summed E-state index contributed by atoms with van der Waals surface area (Å²) in [5.74, 6) is 0.179. The quantitative estimate of drug-likeness (QED) is 0.708. The highest BCUT2D eigenvalue weighted by molar-refractivity contribution is 5.14. The van der Waals surface area contributed by atoms with Crippen molar-refractivity contribution in [1.29, 1.82) is 0 Å². The highest BCUT2D eigenvalue weighted by atomic mass is 16.3. The van der Waals surface area contributed by atoms with Crippen LogP contribution in [0.1, 0.15) is 18.9 Å². The van der Waals surface area contributed by atoms with E-state index in [9.17, 15) is 5.11 Å². The summed E-state index contributed by atoms with van der Waals surface area (Å²) in [6, 6.07) is 10.2. The number of rotatable bonds is 5. The van der Waals surface area contributed by atoms with Gasteiger partial charge in [0.15, 0.2) is 0 Å². The Morgan fingerprint density at radius 3 is 2.57 bits per heavy atom. The van der Waals surface area contributed by atoms with Crippen LogP contribution in [0, 0.1) is 5.92 Å². The molecule has 1 rings (SSSR count). The largest absolute Gasteiger partial charge is 0.393 e. The molecule has 0 saturated carbocycles. The Kier molecular flexibility index (Phi) is 4.41. The Hall–Kier alpha value is -1.08. The molecule has 1 aromatic rings. The molecule has 2 atom stereocenters. The molecule has 0 bridgehead atoms. The number of aryl methyl sites for hydroxylation is 1. The van der Waals surface area contributed by atoms with E-state index < -0.39 is 0 Å². The lowest BCUT2D eigenvalue weighted by atomic mass is 9.98. The zero-order valence-corrected chi connectivity index (χ0v) is 8.69. The van der Waals surface area contributed by atoms with Gasteiger partial charge in [0.2, 0.25) is 0 Å². The molecule has 0 amide bonds. The van der Waals surface area contributed by atoms with Crippen LogP contribution in [0.4, 0.5) is 0 Å². The predicted molar refractivity (Wildman–Crippen MR) is 60.1 cm³/mol. The van der Waals surface area contributed by atoms with Gasteiger partial charge in [0.25, 0.3) is 0 Å². The molecule has 1 nitrogen and oxygen atoms in total. The number of aliphatic hydroxyl groups excluding tert-OH is 1. The Morgan fingerprint density at radius 2 is 2.00 bits per heavy atom. The lowest BCUT2D eigenvalue weighted by Gasteiger charge is -2.14. The van der Waals surface area contributed by atoms with Gasteiger partial charge in [-0.2, -0.15) is 0 Å². The smallest absolute Gasteiger partial charge is 0.0603 e. The van der Waals surface area contributed by atoms with Gasteiger partial charge in [-0.15, -0.1) is 6.58 Å². The fraction of sp³-hybridized carbons (Fsp3) is 0.385. The molecule has 0 fully saturated rings. The molecule has 1 aromatic carbocycles. The van der Waals surface area contributed by atoms with E-state index >= 15 is 0 Å². The van der Waals surface area contributed by atoms with Crippen LogP contribution in [-0.4, -0.2) is 11.2 Å². The standard InChI is InChI=1S/C13H18O/c1-3-11(2)13(14)10-9-12-7-5-4-6-8-12/h3-8,11,13-14H,1,9-10H2,2H3/t11-,13-/m0/s1. The minimum absolute atomic E-state index is 0.179. The van der Waals surface area contributed by atoms with Crippen LogP contribution in [0.2, 0.25) is 0 Å². The molecule has 0 aliphatic rings. The third-order valence-corrected chi connectivity index (χ3v) is 2.55. The summed E-state index contributed by atoms with van der Waals surface area (Å²) in [7, 11) is 0. The summed E-state index contributed by atoms with van der Waals surface area (Å²) in [4.78, 5) is 0. The predicted octanol–water partition coefficient (Wildman–Crippen LogP) is 2.80. The Balaban J connectivity index is 2.37. The molecule has 0 unspecified atom stereocenters. The van der Waals surface area contributed by atoms with Crippen molar-refractivity contribution in [2.75, 3.05) is 0 Å². The lowest BCUT2D eigenvalue weighted by Crippen LogP contribution is -2.16. The van der Waals surface area contributed by atoms with Gasteiger partial charge in [0.05, 0.1) is 6.10 Å². The monoisotopic (exact) mass is 190 g/mol. The van der Waals surface area contributed by atoms with E-state index in [-0.39, 0.29) is 12.0 Å². The van der Waals surface area contributed by atoms with Crippen molar-refractivity contribution in [1.82, 2.24) is 0 Å². The third kappa shape index (κ3) is 3.35. The van der Waals surface area contributed by atoms with Gasteiger partial charge in [-0.05, 0) is 24.3 Å². The number of benzene rings is 1. The SMILES string of the molecule is C=C[C@H](C)[C@@H](O)CCc1ccccc1. The second-order valence-electron chi connectivity index (χ2n) is 3.69. The van der Waals surface area contributed by atoms with Crippen molar-refractivity contribution in [2.24, 2.45) is 5.92 Å². The van der Waals surface area contributed by atoms with Crippen molar-refractivity contribution in [3.63, 3.8) is 0 Å². The van der Waals surface area contributed by atoms with Gasteiger partial charge in [-0.25, -0.2) is 0 Å². The molecule has 1 N–H and O–H groups in total. The second-order valence-corrected chi connectivity index (χ2v) is 3.69. The molecule has 0 spiro atoms. The Bertz CT molecular complexity index is 266. The first-order chi connectivity index (χ1) is 6.74. The lowest BCUT2D eigenvalue weighted by molar-refractivity contribution is 0.129. The molecule has 1 heteroatoms. The van der Waals surface area contributed by atoms with Crippen LogP contribution in [0.25, 0.3) is 0 Å². The molecular weight excluding hydrogens is 172 g/mol. The highest BCUT2D eigenvalue weighted by Gasteiger charge is 2.09. The molecule has 0 radical (unpaired) electrons. The first kappa shape index (κ1) is 11.0. The third-order valence-electron chi connectivity index (χ3n) is 2.55. The van der Waals surface area contributed by atoms with Crippen LogP contribution in [0.3, 0.4) is 0 Å². The first-order valence-electron chi connectivity index (χ1n) is 5.08. The zero-order valence-electron chi connectivity index (χ0n) is 8.69. The maximum absolute atomic E-state index is 9.71. The van der Waals surface area contributed by atoms with Crippen LogP contribution in [0.15, 0.2) is 43.0 Å². The zero-order chi connectivity index (χ0) is 10.4. The Morgan fingerprint density at radius 1 is 1.36 bits per heavy atom. The fourth-order valence-corrected chi connectivity index (χ4v) is 1.38. The van der Waals surface area contributed by atoms with Crippen molar-refractivity contribution in [3.05, 3.63) is 48.6 Å². The molecule has 0 saturated heterocycles. The van der Waals surface area contributed by atoms with E-state index in [1.807, 2.05) is 25.1 Å². The molecule has 0 heterocycles. The first-order valence-corrected chi connectivity index (χ1v) is 5.08. The maximum atomic E-state index is 9.71. The minimum atomic E-state index is -0.271. The average molecular weight is 190 g/mol. The summed E-state index contributed by atoms with van der Waals surface area (Å²) < 4.78 is 0. The van der Waals surface area contributed by atoms with Crippen LogP contribution in [-0.2, 0) is 6.42 Å². The van der Waals surface area contributed by atoms with Crippen molar-refractivity contribution < 1.29 is 5.11 Å². The van der Waals surface area contributed by atoms with E-state index in [1.54, 1.807) is 6.08 Å². The fourth-order valence-electron chi connectivity index (χ4n) is 1.38. The van der Waals surface area contributed by atoms with Crippen LogP contribution < -0.4 is 0 Å². The van der Waals surface area contributed by atoms with Gasteiger partial charge in [-0.1, -0.05) is 43.3 Å². The maximum Gasteiger partial charge on any atom is 0.0603 e. The average Bonchev–Trinajstić information content (AvgIpc) is 2.26. The molecular formula is C13H18O. The molecule has 0 aromatic heterocycles. The molecule has 0 aliphatic heterocycles. The Labute approximate surface area is 86.1 Å². The van der Waals surface area contributed by atoms with Crippen molar-refractivity contribution >= 4 is 0 Å². The molecule has 0 aliphatic carbocycles. The molecule has 76 valence electrons. The second kappa shape index (κ2) is 5.61. The summed E-state index contributed by atoms with van der Waals surface area (Å²) in [6.45, 7) is 5.67. The van der Waals surface area contributed by atoms with E-state index in [2.05, 4.69) is 18.7 Å². The van der Waals surface area contributed by atoms with Crippen LogP contribution in [0.5, 0.6) is 0 Å². The van der Waals surface area contributed by atoms with Crippen molar-refractivity contribution in [3.8, 4) is 0 Å². The van der Waals surface area contributed by atoms with Gasteiger partial charge in [0, 0.05) is 0 Å². The van der Waals surface area contributed by atoms with Gasteiger partial charge >= 0.3 is 0 Å². The van der Waals surface area contributed by atoms with Crippen LogP contribution >= 0.6 is 0 Å². The summed E-state index contributed by atoms with van der Waals surface area (Å²) in [5, 5.41) is 9.71. The van der Waals surface area contributed by atoms with Gasteiger partial charge < -0.3 is 5.11 Å². The highest BCUT2D eigenvalue weighted by Crippen LogP contribution is 2.11. The van der Waals surface area contributed by atoms with Gasteiger partial charge in [-0.3, -0.25) is 0 Å². The minimum Gasteiger partial charge on any atom is -0.393 e. The number of aliphatic hydroxyl groups is 1. The summed E-state index contributed by atoms with van der Waals surface area (Å²) in [6.07, 6.45) is 3.26. The van der Waals surface area contributed by atoms with E-state index in [1.165, 1.54) is 5.56 Å². The summed E-state index contributed by atoms with van der Waals surface area (Å²) in [5.41, 5.74) is 1.28. The normalized spacial score (nSPS) is 14.7. The number of hydrogen-bond acceptors (Lipinski definition) is 1. The molecule has 14 heavy (non-hydrogen) atoms. The summed E-state index contributed by atoms with van der Waals surface area (Å²) >= 11 is 0. The topological polar surface area (TPSA) is 20.2 Å². The van der Waals surface area contributed by atoms with Crippen molar-refractivity contribution in [2.45, 2.75) is 25.9 Å². The number of hydrogen-bond donors (Lipinski definition) is 1. The van der Waals surface area contributed by atoms with E-state index in [0.717, 1.165) is 12.8 Å². The van der Waals surface area contributed by atoms with Gasteiger partial charge in [0.1, 0.15) is 0 Å². The van der Waals surface area contributed by atoms with E-state index in [4.69, 9.17) is 0 Å².